The van der Waals surface area contributed by atoms with Gasteiger partial charge in [-0.1, -0.05) is 31.9 Å². The Morgan fingerprint density at radius 3 is 2.67 bits per heavy atom. The van der Waals surface area contributed by atoms with Gasteiger partial charge in [-0.05, 0) is 32.4 Å². The van der Waals surface area contributed by atoms with E-state index in [0.717, 1.165) is 37.2 Å². The number of ether oxygens (including phenoxy) is 1. The van der Waals surface area contributed by atoms with Crippen molar-refractivity contribution in [3.05, 3.63) is 24.3 Å². The van der Waals surface area contributed by atoms with Crippen LogP contribution in [0.3, 0.4) is 0 Å². The average molecular weight is 247 g/mol. The summed E-state index contributed by atoms with van der Waals surface area (Å²) in [5, 5.41) is 0. The number of anilines is 1. The minimum Gasteiger partial charge on any atom is -0.476 e. The van der Waals surface area contributed by atoms with Crippen LogP contribution >= 0.6 is 0 Å². The number of benzene rings is 1. The Labute approximate surface area is 109 Å². The van der Waals surface area contributed by atoms with E-state index in [4.69, 9.17) is 4.74 Å². The number of hydrogen-bond acceptors (Lipinski definition) is 2. The topological polar surface area (TPSA) is 29.5 Å². The van der Waals surface area contributed by atoms with Crippen molar-refractivity contribution in [3.8, 4) is 5.75 Å². The molecule has 0 aliphatic carbocycles. The van der Waals surface area contributed by atoms with E-state index < -0.39 is 5.60 Å². The van der Waals surface area contributed by atoms with Gasteiger partial charge in [0.25, 0.3) is 5.91 Å². The highest BCUT2D eigenvalue weighted by Gasteiger charge is 2.40. The molecule has 0 saturated heterocycles. The maximum absolute atomic E-state index is 12.4. The molecule has 3 heteroatoms. The van der Waals surface area contributed by atoms with Crippen LogP contribution in [0.5, 0.6) is 5.75 Å². The number of rotatable bonds is 4. The predicted molar refractivity (Wildman–Crippen MR) is 73.0 cm³/mol. The number of fused-ring (bicyclic) bond motifs is 1. The van der Waals surface area contributed by atoms with E-state index in [1.54, 1.807) is 0 Å². The first-order valence-electron chi connectivity index (χ1n) is 6.66. The number of hydrogen-bond donors (Lipinski definition) is 0. The second-order valence-electron chi connectivity index (χ2n) is 5.24. The average Bonchev–Trinajstić information content (AvgIpc) is 2.34. The first-order valence-corrected chi connectivity index (χ1v) is 6.66. The van der Waals surface area contributed by atoms with Crippen LogP contribution in [0, 0.1) is 0 Å². The SMILES string of the molecule is CCCCCN1C(=O)C(C)(C)Oc2ccccc21. The molecule has 0 fully saturated rings. The van der Waals surface area contributed by atoms with E-state index in [0.29, 0.717) is 0 Å². The van der Waals surface area contributed by atoms with Crippen LogP contribution in [0.1, 0.15) is 40.0 Å². The second kappa shape index (κ2) is 5.01. The largest absolute Gasteiger partial charge is 0.476 e. The van der Waals surface area contributed by atoms with Crippen molar-refractivity contribution >= 4 is 11.6 Å². The summed E-state index contributed by atoms with van der Waals surface area (Å²) in [4.78, 5) is 14.3. The molecular formula is C15H21NO2. The lowest BCUT2D eigenvalue weighted by Crippen LogP contribution is -2.52. The van der Waals surface area contributed by atoms with Crippen LogP contribution in [0.2, 0.25) is 0 Å². The van der Waals surface area contributed by atoms with Gasteiger partial charge >= 0.3 is 0 Å². The smallest absolute Gasteiger partial charge is 0.270 e. The molecule has 18 heavy (non-hydrogen) atoms. The highest BCUT2D eigenvalue weighted by molar-refractivity contribution is 6.02. The summed E-state index contributed by atoms with van der Waals surface area (Å²) in [5.41, 5.74) is 0.138. The lowest BCUT2D eigenvalue weighted by Gasteiger charge is -2.38. The van der Waals surface area contributed by atoms with Crippen LogP contribution < -0.4 is 9.64 Å². The molecule has 0 N–H and O–H groups in total. The number of nitrogens with zero attached hydrogens (tertiary/aromatic N) is 1. The number of unbranched alkanes of at least 4 members (excludes halogenated alkanes) is 2. The molecule has 98 valence electrons. The van der Waals surface area contributed by atoms with E-state index in [1.165, 1.54) is 0 Å². The third-order valence-corrected chi connectivity index (χ3v) is 3.27. The number of carbonyl (C=O) groups is 1. The summed E-state index contributed by atoms with van der Waals surface area (Å²) in [6, 6.07) is 7.76. The van der Waals surface area contributed by atoms with Crippen LogP contribution in [-0.4, -0.2) is 18.1 Å². The molecule has 0 radical (unpaired) electrons. The first-order chi connectivity index (χ1) is 8.56. The molecule has 3 nitrogen and oxygen atoms in total. The number of para-hydroxylation sites is 2. The van der Waals surface area contributed by atoms with Crippen LogP contribution in [0.25, 0.3) is 0 Å². The van der Waals surface area contributed by atoms with Gasteiger partial charge in [-0.2, -0.15) is 0 Å². The molecule has 0 unspecified atom stereocenters. The molecule has 1 aromatic carbocycles. The molecular weight excluding hydrogens is 226 g/mol. The Balaban J connectivity index is 2.27. The zero-order valence-electron chi connectivity index (χ0n) is 11.4. The molecule has 1 amide bonds. The number of amides is 1. The lowest BCUT2D eigenvalue weighted by molar-refractivity contribution is -0.132. The van der Waals surface area contributed by atoms with Crippen molar-refractivity contribution in [2.75, 3.05) is 11.4 Å². The zero-order chi connectivity index (χ0) is 13.2. The fourth-order valence-corrected chi connectivity index (χ4v) is 2.26. The van der Waals surface area contributed by atoms with Crippen LogP contribution in [-0.2, 0) is 4.79 Å². The Morgan fingerprint density at radius 1 is 1.22 bits per heavy atom. The van der Waals surface area contributed by atoms with Crippen LogP contribution in [0.4, 0.5) is 5.69 Å². The van der Waals surface area contributed by atoms with Gasteiger partial charge in [0, 0.05) is 6.54 Å². The minimum absolute atomic E-state index is 0.0531. The van der Waals surface area contributed by atoms with Gasteiger partial charge in [-0.3, -0.25) is 4.79 Å². The number of carbonyl (C=O) groups excluding carboxylic acids is 1. The van der Waals surface area contributed by atoms with E-state index in [-0.39, 0.29) is 5.91 Å². The summed E-state index contributed by atoms with van der Waals surface area (Å²) in [6.07, 6.45) is 3.34. The Kier molecular flexibility index (Phi) is 3.60. The van der Waals surface area contributed by atoms with Crippen LogP contribution in [0.15, 0.2) is 24.3 Å². The van der Waals surface area contributed by atoms with Gasteiger partial charge in [0.1, 0.15) is 5.75 Å². The summed E-state index contributed by atoms with van der Waals surface area (Å²) >= 11 is 0. The fourth-order valence-electron chi connectivity index (χ4n) is 2.26. The molecule has 0 aromatic heterocycles. The summed E-state index contributed by atoms with van der Waals surface area (Å²) in [5.74, 6) is 0.857. The van der Waals surface area contributed by atoms with E-state index in [1.807, 2.05) is 43.0 Å². The van der Waals surface area contributed by atoms with E-state index >= 15 is 0 Å². The van der Waals surface area contributed by atoms with Crippen molar-refractivity contribution < 1.29 is 9.53 Å². The molecule has 1 aliphatic rings. The van der Waals surface area contributed by atoms with Crippen molar-refractivity contribution in [1.82, 2.24) is 0 Å². The molecule has 0 atom stereocenters. The maximum Gasteiger partial charge on any atom is 0.270 e. The quantitative estimate of drug-likeness (QED) is 0.763. The Morgan fingerprint density at radius 2 is 1.94 bits per heavy atom. The molecule has 1 aromatic rings. The summed E-state index contributed by atoms with van der Waals surface area (Å²) in [7, 11) is 0. The fraction of sp³-hybridized carbons (Fsp3) is 0.533. The molecule has 0 spiro atoms. The van der Waals surface area contributed by atoms with E-state index in [9.17, 15) is 4.79 Å². The highest BCUT2D eigenvalue weighted by atomic mass is 16.5. The Hall–Kier alpha value is -1.51. The van der Waals surface area contributed by atoms with Gasteiger partial charge < -0.3 is 9.64 Å². The normalized spacial score (nSPS) is 17.3. The third kappa shape index (κ3) is 2.35. The van der Waals surface area contributed by atoms with Crippen molar-refractivity contribution in [1.29, 1.82) is 0 Å². The standard InChI is InChI=1S/C15H21NO2/c1-4-5-8-11-16-12-9-6-7-10-13(12)18-15(2,3)14(16)17/h6-7,9-10H,4-5,8,11H2,1-3H3. The van der Waals surface area contributed by atoms with Crippen molar-refractivity contribution in [3.63, 3.8) is 0 Å². The van der Waals surface area contributed by atoms with Crippen molar-refractivity contribution in [2.45, 2.75) is 45.6 Å². The maximum atomic E-state index is 12.4. The predicted octanol–water partition coefficient (Wildman–Crippen LogP) is 3.38. The van der Waals surface area contributed by atoms with Crippen molar-refractivity contribution in [2.24, 2.45) is 0 Å². The monoisotopic (exact) mass is 247 g/mol. The molecule has 2 rings (SSSR count). The Bertz CT molecular complexity index is 440. The first kappa shape index (κ1) is 12.9. The zero-order valence-corrected chi connectivity index (χ0v) is 11.4. The summed E-state index contributed by atoms with van der Waals surface area (Å²) < 4.78 is 5.78. The van der Waals surface area contributed by atoms with Gasteiger partial charge in [0.05, 0.1) is 5.69 Å². The van der Waals surface area contributed by atoms with Gasteiger partial charge in [-0.15, -0.1) is 0 Å². The summed E-state index contributed by atoms with van der Waals surface area (Å²) in [6.45, 7) is 6.60. The molecule has 0 bridgehead atoms. The van der Waals surface area contributed by atoms with Gasteiger partial charge in [0.15, 0.2) is 5.60 Å². The van der Waals surface area contributed by atoms with Gasteiger partial charge in [0.2, 0.25) is 0 Å². The molecule has 1 heterocycles. The van der Waals surface area contributed by atoms with Gasteiger partial charge in [-0.25, -0.2) is 0 Å². The third-order valence-electron chi connectivity index (χ3n) is 3.27. The second-order valence-corrected chi connectivity index (χ2v) is 5.24. The molecule has 0 saturated carbocycles. The minimum atomic E-state index is -0.763. The lowest BCUT2D eigenvalue weighted by atomic mass is 10.0. The van der Waals surface area contributed by atoms with E-state index in [2.05, 4.69) is 6.92 Å². The highest BCUT2D eigenvalue weighted by Crippen LogP contribution is 2.37. The molecule has 1 aliphatic heterocycles.